The van der Waals surface area contributed by atoms with E-state index in [1.807, 2.05) is 31.2 Å². The van der Waals surface area contributed by atoms with Crippen molar-refractivity contribution in [3.05, 3.63) is 29.8 Å². The maximum atomic E-state index is 12.3. The molecular weight excluding hydrogens is 252 g/mol. The molecule has 0 saturated heterocycles. The second-order valence-corrected chi connectivity index (χ2v) is 5.55. The third-order valence-electron chi connectivity index (χ3n) is 4.01. The number of rotatable bonds is 5. The van der Waals surface area contributed by atoms with E-state index in [2.05, 4.69) is 0 Å². The highest BCUT2D eigenvalue weighted by molar-refractivity contribution is 5.94. The first kappa shape index (κ1) is 14.9. The fourth-order valence-electron chi connectivity index (χ4n) is 2.46. The van der Waals surface area contributed by atoms with Crippen molar-refractivity contribution >= 4 is 5.91 Å². The van der Waals surface area contributed by atoms with Crippen LogP contribution in [-0.2, 0) is 0 Å². The Kier molecular flexibility index (Phi) is 5.01. The molecule has 4 nitrogen and oxygen atoms in total. The molecule has 1 aliphatic carbocycles. The summed E-state index contributed by atoms with van der Waals surface area (Å²) in [5.41, 5.74) is 6.26. The molecule has 1 unspecified atom stereocenters. The lowest BCUT2D eigenvalue weighted by molar-refractivity contribution is 0.0747. The van der Waals surface area contributed by atoms with Gasteiger partial charge in [-0.05, 0) is 50.8 Å². The van der Waals surface area contributed by atoms with E-state index in [4.69, 9.17) is 10.5 Å². The summed E-state index contributed by atoms with van der Waals surface area (Å²) in [6.07, 6.45) is 5.01. The van der Waals surface area contributed by atoms with Gasteiger partial charge in [0, 0.05) is 25.2 Å². The van der Waals surface area contributed by atoms with Crippen molar-refractivity contribution in [3.63, 3.8) is 0 Å². The fraction of sp³-hybridized carbons (Fsp3) is 0.562. The van der Waals surface area contributed by atoms with Gasteiger partial charge in [0.1, 0.15) is 5.75 Å². The number of nitrogens with zero attached hydrogens (tertiary/aromatic N) is 1. The van der Waals surface area contributed by atoms with E-state index in [0.717, 1.165) is 18.6 Å². The Balaban J connectivity index is 2.06. The molecule has 2 rings (SSSR count). The number of ether oxygens (including phenoxy) is 1. The van der Waals surface area contributed by atoms with Crippen LogP contribution < -0.4 is 10.5 Å². The molecule has 0 radical (unpaired) electrons. The number of carbonyl (C=O) groups excluding carboxylic acids is 1. The predicted molar refractivity (Wildman–Crippen MR) is 79.9 cm³/mol. The van der Waals surface area contributed by atoms with Gasteiger partial charge >= 0.3 is 0 Å². The number of benzene rings is 1. The molecule has 110 valence electrons. The minimum Gasteiger partial charge on any atom is -0.490 e. The molecule has 1 aliphatic rings. The molecule has 1 saturated carbocycles. The first-order valence-electron chi connectivity index (χ1n) is 7.35. The van der Waals surface area contributed by atoms with Gasteiger partial charge in [0.15, 0.2) is 0 Å². The van der Waals surface area contributed by atoms with Crippen molar-refractivity contribution in [3.8, 4) is 5.75 Å². The molecule has 1 fully saturated rings. The van der Waals surface area contributed by atoms with Crippen LogP contribution in [0.25, 0.3) is 0 Å². The zero-order valence-electron chi connectivity index (χ0n) is 12.3. The summed E-state index contributed by atoms with van der Waals surface area (Å²) in [5, 5.41) is 0. The van der Waals surface area contributed by atoms with Crippen LogP contribution in [0, 0.1) is 0 Å². The molecule has 1 atom stereocenters. The number of hydrogen-bond acceptors (Lipinski definition) is 3. The van der Waals surface area contributed by atoms with Gasteiger partial charge in [0.05, 0.1) is 6.10 Å². The molecule has 0 aromatic heterocycles. The zero-order chi connectivity index (χ0) is 14.5. The van der Waals surface area contributed by atoms with Crippen LogP contribution in [0.2, 0.25) is 0 Å². The first-order chi connectivity index (χ1) is 9.61. The number of amides is 1. The first-order valence-corrected chi connectivity index (χ1v) is 7.35. The second-order valence-electron chi connectivity index (χ2n) is 5.55. The molecule has 1 aromatic rings. The van der Waals surface area contributed by atoms with Crippen molar-refractivity contribution in [1.29, 1.82) is 0 Å². The number of nitrogens with two attached hydrogens (primary N) is 1. The summed E-state index contributed by atoms with van der Waals surface area (Å²) in [6, 6.07) is 7.48. The number of likely N-dealkylation sites (N-methyl/N-ethyl adjacent to an activating group) is 1. The molecule has 2 N–H and O–H groups in total. The van der Waals surface area contributed by atoms with Crippen molar-refractivity contribution in [2.24, 2.45) is 5.73 Å². The number of hydrogen-bond donors (Lipinski definition) is 1. The van der Waals surface area contributed by atoms with E-state index in [-0.39, 0.29) is 11.9 Å². The third-order valence-corrected chi connectivity index (χ3v) is 4.01. The van der Waals surface area contributed by atoms with Gasteiger partial charge in [-0.25, -0.2) is 0 Å². The molecule has 0 bridgehead atoms. The molecule has 0 heterocycles. The van der Waals surface area contributed by atoms with Crippen LogP contribution in [0.5, 0.6) is 5.75 Å². The topological polar surface area (TPSA) is 55.6 Å². The van der Waals surface area contributed by atoms with Crippen LogP contribution in [0.1, 0.15) is 43.0 Å². The maximum Gasteiger partial charge on any atom is 0.254 e. The Bertz CT molecular complexity index is 456. The highest BCUT2D eigenvalue weighted by Crippen LogP contribution is 2.24. The number of carbonyl (C=O) groups is 1. The molecule has 20 heavy (non-hydrogen) atoms. The third kappa shape index (κ3) is 3.51. The van der Waals surface area contributed by atoms with Gasteiger partial charge in [-0.3, -0.25) is 4.79 Å². The van der Waals surface area contributed by atoms with Crippen LogP contribution in [0.3, 0.4) is 0 Å². The Labute approximate surface area is 120 Å². The van der Waals surface area contributed by atoms with Crippen molar-refractivity contribution in [2.45, 2.75) is 44.8 Å². The van der Waals surface area contributed by atoms with Crippen molar-refractivity contribution in [2.75, 3.05) is 13.6 Å². The van der Waals surface area contributed by atoms with Gasteiger partial charge in [0.25, 0.3) is 5.91 Å². The minimum absolute atomic E-state index is 0.0141. The van der Waals surface area contributed by atoms with E-state index in [1.54, 1.807) is 11.9 Å². The van der Waals surface area contributed by atoms with Gasteiger partial charge in [-0.1, -0.05) is 6.07 Å². The summed E-state index contributed by atoms with van der Waals surface area (Å²) in [5.74, 6) is 0.774. The normalized spacial score (nSPS) is 16.9. The van der Waals surface area contributed by atoms with E-state index in [1.165, 1.54) is 12.8 Å². The highest BCUT2D eigenvalue weighted by atomic mass is 16.5. The lowest BCUT2D eigenvalue weighted by Gasteiger charge is -2.24. The molecule has 1 amide bonds. The average molecular weight is 276 g/mol. The van der Waals surface area contributed by atoms with Gasteiger partial charge < -0.3 is 15.4 Å². The van der Waals surface area contributed by atoms with Crippen LogP contribution in [0.15, 0.2) is 24.3 Å². The Morgan fingerprint density at radius 2 is 2.15 bits per heavy atom. The summed E-state index contributed by atoms with van der Waals surface area (Å²) >= 11 is 0. The second kappa shape index (κ2) is 6.75. The summed E-state index contributed by atoms with van der Waals surface area (Å²) in [6.45, 7) is 2.40. The largest absolute Gasteiger partial charge is 0.490 e. The smallest absolute Gasteiger partial charge is 0.254 e. The monoisotopic (exact) mass is 276 g/mol. The SMILES string of the molecule is CC(CN)N(C)C(=O)c1cccc(OC2CCCC2)c1. The van der Waals surface area contributed by atoms with E-state index in [9.17, 15) is 4.79 Å². The summed E-state index contributed by atoms with van der Waals surface area (Å²) in [4.78, 5) is 14.0. The minimum atomic E-state index is -0.0141. The quantitative estimate of drug-likeness (QED) is 0.898. The Morgan fingerprint density at radius 3 is 2.80 bits per heavy atom. The van der Waals surface area contributed by atoms with Crippen LogP contribution in [-0.4, -0.2) is 36.5 Å². The Hall–Kier alpha value is -1.55. The molecular formula is C16H24N2O2. The molecule has 0 aliphatic heterocycles. The zero-order valence-corrected chi connectivity index (χ0v) is 12.3. The van der Waals surface area contributed by atoms with E-state index < -0.39 is 0 Å². The fourth-order valence-corrected chi connectivity index (χ4v) is 2.46. The predicted octanol–water partition coefficient (Wildman–Crippen LogP) is 2.43. The molecule has 0 spiro atoms. The maximum absolute atomic E-state index is 12.3. The van der Waals surface area contributed by atoms with E-state index >= 15 is 0 Å². The van der Waals surface area contributed by atoms with Gasteiger partial charge in [-0.2, -0.15) is 0 Å². The van der Waals surface area contributed by atoms with Crippen LogP contribution in [0.4, 0.5) is 0 Å². The lowest BCUT2D eigenvalue weighted by atomic mass is 10.1. The Morgan fingerprint density at radius 1 is 1.45 bits per heavy atom. The van der Waals surface area contributed by atoms with Crippen molar-refractivity contribution < 1.29 is 9.53 Å². The summed E-state index contributed by atoms with van der Waals surface area (Å²) in [7, 11) is 1.78. The average Bonchev–Trinajstić information content (AvgIpc) is 2.98. The van der Waals surface area contributed by atoms with Crippen molar-refractivity contribution in [1.82, 2.24) is 4.90 Å². The molecule has 1 aromatic carbocycles. The lowest BCUT2D eigenvalue weighted by Crippen LogP contribution is -2.39. The van der Waals surface area contributed by atoms with Gasteiger partial charge in [-0.15, -0.1) is 0 Å². The van der Waals surface area contributed by atoms with E-state index in [0.29, 0.717) is 18.2 Å². The molecule has 4 heteroatoms. The standard InChI is InChI=1S/C16H24N2O2/c1-12(11-17)18(2)16(19)13-6-5-9-15(10-13)20-14-7-3-4-8-14/h5-6,9-10,12,14H,3-4,7-8,11,17H2,1-2H3. The highest BCUT2D eigenvalue weighted by Gasteiger charge is 2.19. The summed E-state index contributed by atoms with van der Waals surface area (Å²) < 4.78 is 5.94. The van der Waals surface area contributed by atoms with Crippen LogP contribution >= 0.6 is 0 Å². The van der Waals surface area contributed by atoms with Gasteiger partial charge in [0.2, 0.25) is 0 Å².